The molecule has 0 aliphatic heterocycles. The lowest BCUT2D eigenvalue weighted by molar-refractivity contribution is -0.133. The maximum absolute atomic E-state index is 10.8. The number of hydrogen-bond donors (Lipinski definition) is 2. The van der Waals surface area contributed by atoms with E-state index in [1.807, 2.05) is 20.8 Å². The monoisotopic (exact) mass is 366 g/mol. The second kappa shape index (κ2) is 16.6. The van der Waals surface area contributed by atoms with Crippen LogP contribution >= 0.6 is 0 Å². The Kier molecular flexibility index (Phi) is 16.9. The van der Waals surface area contributed by atoms with Crippen molar-refractivity contribution in [2.45, 2.75) is 92.9 Å². The minimum Gasteiger partial charge on any atom is -0.478 e. The summed E-state index contributed by atoms with van der Waals surface area (Å²) in [6.07, 6.45) is 11.1. The molecule has 0 aromatic heterocycles. The van der Waals surface area contributed by atoms with Crippen LogP contribution in [0.15, 0.2) is 34.4 Å². The molecule has 0 atom stereocenters. The highest BCUT2D eigenvalue weighted by molar-refractivity contribution is 5.87. The molecule has 26 heavy (non-hydrogen) atoms. The Morgan fingerprint density at radius 2 is 1.46 bits per heavy atom. The van der Waals surface area contributed by atoms with E-state index in [4.69, 9.17) is 10.2 Å². The molecule has 0 fully saturated rings. The lowest BCUT2D eigenvalue weighted by Gasteiger charge is -2.04. The molecule has 0 bridgehead atoms. The standard InChI is InChI=1S/C12H20O2.C10H18O2/c1-5-11(12(13)14)10(4)8-6-7-9(2)3;1-3-5-6-8-9(7-4-2)10(11)12/h7H,5-6,8H2,1-4H3,(H,13,14);7H,3-6,8H2,1-2H3,(H,11,12)/b11-10+;9-7+. The van der Waals surface area contributed by atoms with E-state index >= 15 is 0 Å². The fourth-order valence-electron chi connectivity index (χ4n) is 2.47. The molecule has 0 aliphatic carbocycles. The summed E-state index contributed by atoms with van der Waals surface area (Å²) < 4.78 is 0. The zero-order valence-corrected chi connectivity index (χ0v) is 17.5. The molecule has 4 nitrogen and oxygen atoms in total. The summed E-state index contributed by atoms with van der Waals surface area (Å²) in [6, 6.07) is 0. The Balaban J connectivity index is 0. The summed E-state index contributed by atoms with van der Waals surface area (Å²) in [4.78, 5) is 21.4. The number of allylic oxidation sites excluding steroid dienone is 4. The molecule has 0 spiro atoms. The molecule has 0 aromatic carbocycles. The molecule has 4 heteroatoms. The van der Waals surface area contributed by atoms with Crippen LogP contribution in [0.3, 0.4) is 0 Å². The van der Waals surface area contributed by atoms with Crippen LogP contribution in [0.25, 0.3) is 0 Å². The van der Waals surface area contributed by atoms with Crippen LogP contribution in [0.2, 0.25) is 0 Å². The summed E-state index contributed by atoms with van der Waals surface area (Å²) in [5.74, 6) is -1.53. The van der Waals surface area contributed by atoms with Crippen molar-refractivity contribution in [3.8, 4) is 0 Å². The first-order valence-electron chi connectivity index (χ1n) is 9.68. The van der Waals surface area contributed by atoms with Crippen LogP contribution in [0.5, 0.6) is 0 Å². The number of carboxylic acids is 2. The fourth-order valence-corrected chi connectivity index (χ4v) is 2.47. The minimum absolute atomic E-state index is 0.562. The SMILES string of the molecule is CC/C(C(=O)O)=C(/C)CCC=C(C)C.CC/C=C(\CCCCC)C(=O)O. The van der Waals surface area contributed by atoms with E-state index in [0.717, 1.165) is 50.5 Å². The molecular formula is C22H38O4. The third-order valence-electron chi connectivity index (χ3n) is 3.97. The van der Waals surface area contributed by atoms with Gasteiger partial charge in [-0.3, -0.25) is 0 Å². The summed E-state index contributed by atoms with van der Waals surface area (Å²) in [5, 5.41) is 17.6. The Morgan fingerprint density at radius 1 is 0.846 bits per heavy atom. The maximum Gasteiger partial charge on any atom is 0.331 e. The second-order valence-electron chi connectivity index (χ2n) is 6.64. The molecular weight excluding hydrogens is 328 g/mol. The van der Waals surface area contributed by atoms with Crippen molar-refractivity contribution in [3.63, 3.8) is 0 Å². The van der Waals surface area contributed by atoms with Crippen LogP contribution in [0.4, 0.5) is 0 Å². The Morgan fingerprint density at radius 3 is 1.85 bits per heavy atom. The number of aliphatic carboxylic acids is 2. The van der Waals surface area contributed by atoms with E-state index in [-0.39, 0.29) is 0 Å². The summed E-state index contributed by atoms with van der Waals surface area (Å²) >= 11 is 0. The van der Waals surface area contributed by atoms with Gasteiger partial charge in [-0.15, -0.1) is 0 Å². The van der Waals surface area contributed by atoms with Crippen LogP contribution in [0, 0.1) is 0 Å². The topological polar surface area (TPSA) is 74.6 Å². The Hall–Kier alpha value is -1.84. The molecule has 0 radical (unpaired) electrons. The number of carbonyl (C=O) groups is 2. The molecule has 150 valence electrons. The maximum atomic E-state index is 10.8. The zero-order chi connectivity index (χ0) is 20.5. The van der Waals surface area contributed by atoms with Gasteiger partial charge in [0.2, 0.25) is 0 Å². The molecule has 0 rings (SSSR count). The van der Waals surface area contributed by atoms with E-state index in [2.05, 4.69) is 26.8 Å². The van der Waals surface area contributed by atoms with Crippen molar-refractivity contribution >= 4 is 11.9 Å². The Labute approximate surface area is 159 Å². The van der Waals surface area contributed by atoms with Gasteiger partial charge in [-0.05, 0) is 59.3 Å². The van der Waals surface area contributed by atoms with Crippen molar-refractivity contribution < 1.29 is 19.8 Å². The first-order chi connectivity index (χ1) is 12.2. The van der Waals surface area contributed by atoms with E-state index in [1.54, 1.807) is 6.08 Å². The molecule has 0 unspecified atom stereocenters. The average molecular weight is 367 g/mol. The highest BCUT2D eigenvalue weighted by Gasteiger charge is 2.07. The molecule has 0 saturated heterocycles. The first-order valence-corrected chi connectivity index (χ1v) is 9.68. The van der Waals surface area contributed by atoms with Crippen LogP contribution in [-0.2, 0) is 9.59 Å². The van der Waals surface area contributed by atoms with Gasteiger partial charge < -0.3 is 10.2 Å². The number of unbranched alkanes of at least 4 members (excludes halogenated alkanes) is 2. The van der Waals surface area contributed by atoms with Gasteiger partial charge in [0.05, 0.1) is 0 Å². The third kappa shape index (κ3) is 14.5. The van der Waals surface area contributed by atoms with Gasteiger partial charge >= 0.3 is 11.9 Å². The quantitative estimate of drug-likeness (QED) is 0.247. The predicted molar refractivity (Wildman–Crippen MR) is 109 cm³/mol. The van der Waals surface area contributed by atoms with Gasteiger partial charge in [0.25, 0.3) is 0 Å². The fraction of sp³-hybridized carbons (Fsp3) is 0.636. The average Bonchev–Trinajstić information content (AvgIpc) is 2.54. The van der Waals surface area contributed by atoms with Crippen molar-refractivity contribution in [2.24, 2.45) is 0 Å². The second-order valence-corrected chi connectivity index (χ2v) is 6.64. The summed E-state index contributed by atoms with van der Waals surface area (Å²) in [5.41, 5.74) is 3.42. The van der Waals surface area contributed by atoms with E-state index < -0.39 is 11.9 Å². The molecule has 0 saturated carbocycles. The van der Waals surface area contributed by atoms with Gasteiger partial charge in [-0.25, -0.2) is 9.59 Å². The molecule has 0 aliphatic rings. The van der Waals surface area contributed by atoms with E-state index in [1.165, 1.54) is 5.57 Å². The smallest absolute Gasteiger partial charge is 0.331 e. The summed E-state index contributed by atoms with van der Waals surface area (Å²) in [6.45, 7) is 12.0. The van der Waals surface area contributed by atoms with E-state index in [9.17, 15) is 9.59 Å². The van der Waals surface area contributed by atoms with Gasteiger partial charge in [0.15, 0.2) is 0 Å². The number of rotatable bonds is 11. The first kappa shape index (κ1) is 26.4. The van der Waals surface area contributed by atoms with Crippen LogP contribution < -0.4 is 0 Å². The van der Waals surface area contributed by atoms with Gasteiger partial charge in [-0.2, -0.15) is 0 Å². The van der Waals surface area contributed by atoms with Gasteiger partial charge in [0.1, 0.15) is 0 Å². The van der Waals surface area contributed by atoms with Crippen LogP contribution in [0.1, 0.15) is 92.9 Å². The highest BCUT2D eigenvalue weighted by Crippen LogP contribution is 2.15. The highest BCUT2D eigenvalue weighted by atomic mass is 16.4. The zero-order valence-electron chi connectivity index (χ0n) is 17.5. The van der Waals surface area contributed by atoms with Crippen LogP contribution in [-0.4, -0.2) is 22.2 Å². The minimum atomic E-state index is -0.776. The molecule has 0 aromatic rings. The lowest BCUT2D eigenvalue weighted by atomic mass is 10.0. The molecule has 0 amide bonds. The molecule has 0 heterocycles. The van der Waals surface area contributed by atoms with Gasteiger partial charge in [-0.1, -0.05) is 56.9 Å². The number of carboxylic acid groups (broad SMARTS) is 2. The van der Waals surface area contributed by atoms with Crippen molar-refractivity contribution in [1.29, 1.82) is 0 Å². The lowest BCUT2D eigenvalue weighted by Crippen LogP contribution is -2.02. The number of hydrogen-bond acceptors (Lipinski definition) is 2. The van der Waals surface area contributed by atoms with Crippen molar-refractivity contribution in [1.82, 2.24) is 0 Å². The largest absolute Gasteiger partial charge is 0.478 e. The van der Waals surface area contributed by atoms with Crippen molar-refractivity contribution in [3.05, 3.63) is 34.4 Å². The molecule has 2 N–H and O–H groups in total. The normalized spacial score (nSPS) is 11.8. The Bertz CT molecular complexity index is 506. The van der Waals surface area contributed by atoms with Gasteiger partial charge in [0, 0.05) is 11.1 Å². The predicted octanol–water partition coefficient (Wildman–Crippen LogP) is 6.53. The van der Waals surface area contributed by atoms with Crippen molar-refractivity contribution in [2.75, 3.05) is 0 Å². The van der Waals surface area contributed by atoms with E-state index in [0.29, 0.717) is 17.6 Å². The third-order valence-corrected chi connectivity index (χ3v) is 3.97. The summed E-state index contributed by atoms with van der Waals surface area (Å²) in [7, 11) is 0.